The average molecular weight is 338 g/mol. The molecule has 23 heavy (non-hydrogen) atoms. The number of hydrogen-bond donors (Lipinski definition) is 2. The van der Waals surface area contributed by atoms with Crippen LogP contribution in [-0.4, -0.2) is 44.1 Å². The highest BCUT2D eigenvalue weighted by atomic mass is 35.5. The normalized spacial score (nSPS) is 26.1. The van der Waals surface area contributed by atoms with Gasteiger partial charge < -0.3 is 20.7 Å². The maximum Gasteiger partial charge on any atom is 0.255 e. The molecule has 1 atom stereocenters. The summed E-state index contributed by atoms with van der Waals surface area (Å²) >= 11 is 6.02. The number of carbonyl (C=O) groups excluding carboxylic acids is 1. The predicted molar refractivity (Wildman–Crippen MR) is 92.0 cm³/mol. The van der Waals surface area contributed by atoms with Gasteiger partial charge in [0.2, 0.25) is 0 Å². The first-order valence-corrected chi connectivity index (χ1v) is 8.60. The molecule has 3 heterocycles. The van der Waals surface area contributed by atoms with Gasteiger partial charge in [-0.2, -0.15) is 0 Å². The predicted octanol–water partition coefficient (Wildman–Crippen LogP) is 2.39. The zero-order chi connectivity index (χ0) is 16.4. The van der Waals surface area contributed by atoms with E-state index in [4.69, 9.17) is 22.1 Å². The number of fused-ring (bicyclic) bond motifs is 3. The molecular formula is C17H24ClN3O2. The second kappa shape index (κ2) is 6.97. The van der Waals surface area contributed by atoms with Crippen LogP contribution in [0.3, 0.4) is 0 Å². The van der Waals surface area contributed by atoms with Gasteiger partial charge in [0.25, 0.3) is 5.91 Å². The monoisotopic (exact) mass is 337 g/mol. The number of halogens is 1. The van der Waals surface area contributed by atoms with Gasteiger partial charge in [0.05, 0.1) is 23.4 Å². The van der Waals surface area contributed by atoms with Gasteiger partial charge in [-0.05, 0) is 50.3 Å². The lowest BCUT2D eigenvalue weighted by atomic mass is 9.77. The van der Waals surface area contributed by atoms with Crippen molar-refractivity contribution in [2.24, 2.45) is 11.8 Å². The molecule has 3 aliphatic heterocycles. The quantitative estimate of drug-likeness (QED) is 0.810. The number of nitrogens with one attached hydrogen (secondary N) is 1. The van der Waals surface area contributed by atoms with E-state index in [1.54, 1.807) is 12.1 Å². The van der Waals surface area contributed by atoms with Crippen molar-refractivity contribution < 1.29 is 9.53 Å². The molecule has 6 heteroatoms. The zero-order valence-electron chi connectivity index (χ0n) is 13.5. The molecule has 126 valence electrons. The Morgan fingerprint density at radius 2 is 2.17 bits per heavy atom. The highest BCUT2D eigenvalue weighted by Crippen LogP contribution is 2.34. The fraction of sp³-hybridized carbons (Fsp3) is 0.588. The molecule has 3 aliphatic rings. The maximum atomic E-state index is 12.4. The third-order valence-corrected chi connectivity index (χ3v) is 5.48. The lowest BCUT2D eigenvalue weighted by Crippen LogP contribution is -2.48. The van der Waals surface area contributed by atoms with E-state index < -0.39 is 0 Å². The zero-order valence-corrected chi connectivity index (χ0v) is 14.2. The number of hydrogen-bond acceptors (Lipinski definition) is 4. The average Bonchev–Trinajstić information content (AvgIpc) is 2.58. The van der Waals surface area contributed by atoms with E-state index in [-0.39, 0.29) is 5.91 Å². The number of methoxy groups -OCH3 is 1. The first kappa shape index (κ1) is 16.4. The van der Waals surface area contributed by atoms with E-state index in [1.807, 2.05) is 0 Å². The van der Waals surface area contributed by atoms with Crippen LogP contribution in [0, 0.1) is 11.8 Å². The van der Waals surface area contributed by atoms with Gasteiger partial charge in [0.15, 0.2) is 0 Å². The first-order chi connectivity index (χ1) is 11.1. The molecule has 2 bridgehead atoms. The Morgan fingerprint density at radius 1 is 1.43 bits per heavy atom. The molecule has 0 aromatic heterocycles. The Balaban J connectivity index is 1.56. The van der Waals surface area contributed by atoms with Gasteiger partial charge in [-0.15, -0.1) is 0 Å². The minimum absolute atomic E-state index is 0.162. The van der Waals surface area contributed by atoms with Crippen LogP contribution in [0.1, 0.15) is 29.6 Å². The van der Waals surface area contributed by atoms with E-state index in [9.17, 15) is 4.79 Å². The second-order valence-corrected chi connectivity index (χ2v) is 6.92. The van der Waals surface area contributed by atoms with Crippen molar-refractivity contribution in [2.45, 2.75) is 19.3 Å². The molecule has 0 spiro atoms. The van der Waals surface area contributed by atoms with Crippen LogP contribution in [0.2, 0.25) is 5.02 Å². The topological polar surface area (TPSA) is 67.6 Å². The summed E-state index contributed by atoms with van der Waals surface area (Å²) < 4.78 is 5.23. The molecule has 3 N–H and O–H groups in total. The second-order valence-electron chi connectivity index (χ2n) is 6.52. The molecular weight excluding hydrogens is 314 g/mol. The number of rotatable bonds is 5. The summed E-state index contributed by atoms with van der Waals surface area (Å²) in [6, 6.07) is 3.16. The van der Waals surface area contributed by atoms with Gasteiger partial charge in [0.1, 0.15) is 5.75 Å². The highest BCUT2D eigenvalue weighted by molar-refractivity contribution is 6.33. The lowest BCUT2D eigenvalue weighted by Gasteiger charge is -2.45. The standard InChI is InChI=1S/C17H24ClN3O2/c1-23-16-9-15(19)14(18)8-13(16)17(22)20-5-2-12-10-21-6-3-11(12)4-7-21/h8-9,11-12H,2-7,10,19H2,1H3,(H,20,22). The summed E-state index contributed by atoms with van der Waals surface area (Å²) in [5.74, 6) is 1.82. The molecule has 3 saturated heterocycles. The summed E-state index contributed by atoms with van der Waals surface area (Å²) in [7, 11) is 1.52. The van der Waals surface area contributed by atoms with Crippen LogP contribution in [0.5, 0.6) is 5.75 Å². The third kappa shape index (κ3) is 3.56. The third-order valence-electron chi connectivity index (χ3n) is 5.16. The molecule has 5 nitrogen and oxygen atoms in total. The molecule has 0 radical (unpaired) electrons. The van der Waals surface area contributed by atoms with Crippen LogP contribution < -0.4 is 15.8 Å². The van der Waals surface area contributed by atoms with Gasteiger partial charge in [-0.25, -0.2) is 0 Å². The van der Waals surface area contributed by atoms with Crippen molar-refractivity contribution >= 4 is 23.2 Å². The van der Waals surface area contributed by atoms with Gasteiger partial charge >= 0.3 is 0 Å². The van der Waals surface area contributed by atoms with Crippen molar-refractivity contribution in [2.75, 3.05) is 39.0 Å². The van der Waals surface area contributed by atoms with Crippen molar-refractivity contribution in [3.05, 3.63) is 22.7 Å². The number of amides is 1. The van der Waals surface area contributed by atoms with Crippen LogP contribution >= 0.6 is 11.6 Å². The Kier molecular flexibility index (Phi) is 4.97. The van der Waals surface area contributed by atoms with E-state index in [0.29, 0.717) is 34.5 Å². The number of piperidine rings is 3. The van der Waals surface area contributed by atoms with Crippen LogP contribution in [0.15, 0.2) is 12.1 Å². The first-order valence-electron chi connectivity index (χ1n) is 8.22. The largest absolute Gasteiger partial charge is 0.496 e. The number of nitrogen functional groups attached to an aromatic ring is 1. The minimum Gasteiger partial charge on any atom is -0.496 e. The van der Waals surface area contributed by atoms with Crippen LogP contribution in [0.25, 0.3) is 0 Å². The molecule has 1 aromatic rings. The number of benzene rings is 1. The molecule has 0 aliphatic carbocycles. The Labute approximate surface area is 142 Å². The summed E-state index contributed by atoms with van der Waals surface area (Å²) in [5, 5.41) is 3.36. The maximum absolute atomic E-state index is 12.4. The molecule has 1 amide bonds. The SMILES string of the molecule is COc1cc(N)c(Cl)cc1C(=O)NCCC1CN2CCC1CC2. The van der Waals surface area contributed by atoms with Crippen LogP contribution in [0.4, 0.5) is 5.69 Å². The fourth-order valence-electron chi connectivity index (χ4n) is 3.80. The number of nitrogens with zero attached hydrogens (tertiary/aromatic N) is 1. The molecule has 1 aromatic carbocycles. The lowest BCUT2D eigenvalue weighted by molar-refractivity contribution is 0.0466. The van der Waals surface area contributed by atoms with E-state index in [1.165, 1.54) is 39.6 Å². The van der Waals surface area contributed by atoms with Crippen molar-refractivity contribution in [3.63, 3.8) is 0 Å². The van der Waals surface area contributed by atoms with Gasteiger partial charge in [-0.1, -0.05) is 11.6 Å². The summed E-state index contributed by atoms with van der Waals surface area (Å²) in [5.41, 5.74) is 6.59. The molecule has 0 saturated carbocycles. The summed E-state index contributed by atoms with van der Waals surface area (Å²) in [6.07, 6.45) is 3.64. The highest BCUT2D eigenvalue weighted by Gasteiger charge is 2.33. The fourth-order valence-corrected chi connectivity index (χ4v) is 3.96. The van der Waals surface area contributed by atoms with Crippen molar-refractivity contribution in [1.29, 1.82) is 0 Å². The number of ether oxygens (including phenoxy) is 1. The molecule has 3 fully saturated rings. The number of anilines is 1. The van der Waals surface area contributed by atoms with Gasteiger partial charge in [-0.3, -0.25) is 4.79 Å². The molecule has 4 rings (SSSR count). The number of carbonyl (C=O) groups is 1. The Morgan fingerprint density at radius 3 is 2.78 bits per heavy atom. The minimum atomic E-state index is -0.162. The van der Waals surface area contributed by atoms with Gasteiger partial charge in [0, 0.05) is 19.2 Å². The Hall–Kier alpha value is -1.46. The van der Waals surface area contributed by atoms with E-state index in [0.717, 1.165) is 12.3 Å². The van der Waals surface area contributed by atoms with Crippen molar-refractivity contribution in [3.8, 4) is 5.75 Å². The number of nitrogens with two attached hydrogens (primary N) is 1. The van der Waals surface area contributed by atoms with Crippen LogP contribution in [-0.2, 0) is 0 Å². The summed E-state index contributed by atoms with van der Waals surface area (Å²) in [4.78, 5) is 14.9. The van der Waals surface area contributed by atoms with Crippen molar-refractivity contribution in [1.82, 2.24) is 10.2 Å². The smallest absolute Gasteiger partial charge is 0.255 e. The van der Waals surface area contributed by atoms with E-state index >= 15 is 0 Å². The molecule has 1 unspecified atom stereocenters. The Bertz CT molecular complexity index is 585. The summed E-state index contributed by atoms with van der Waals surface area (Å²) in [6.45, 7) is 4.35. The van der Waals surface area contributed by atoms with E-state index in [2.05, 4.69) is 10.2 Å².